The summed E-state index contributed by atoms with van der Waals surface area (Å²) >= 11 is 0. The van der Waals surface area contributed by atoms with E-state index < -0.39 is 5.92 Å². The molecule has 4 aromatic rings. The van der Waals surface area contributed by atoms with Crippen LogP contribution in [0.15, 0.2) is 120 Å². The van der Waals surface area contributed by atoms with E-state index in [1.54, 1.807) is 7.11 Å². The van der Waals surface area contributed by atoms with E-state index in [-0.39, 0.29) is 12.0 Å². The van der Waals surface area contributed by atoms with Gasteiger partial charge in [-0.05, 0) is 28.8 Å². The highest BCUT2D eigenvalue weighted by Crippen LogP contribution is 2.30. The standard InChI is InChI=1S/C32H30N2O3/c1-36-30-20-12-11-19-28(30)29-21-27(37-33-29)23-34(22-24-13-5-2-6-14-24)32(35)31(25-15-7-3-8-16-25)26-17-9-4-10-18-26/h2-20,27,31H,21-23H2,1H3/t27-/m0/s1. The number of rotatable bonds is 9. The number of hydrogen-bond donors (Lipinski definition) is 0. The van der Waals surface area contributed by atoms with Crippen molar-refractivity contribution in [1.29, 1.82) is 0 Å². The molecule has 0 aromatic heterocycles. The molecule has 0 aliphatic carbocycles. The SMILES string of the molecule is COc1ccccc1C1=NO[C@H](CN(Cc2ccccc2)C(=O)C(c2ccccc2)c2ccccc2)C1. The molecular formula is C32H30N2O3. The zero-order valence-corrected chi connectivity index (χ0v) is 20.9. The normalized spacial score (nSPS) is 14.6. The van der Waals surface area contributed by atoms with Crippen molar-refractivity contribution < 1.29 is 14.4 Å². The van der Waals surface area contributed by atoms with E-state index >= 15 is 0 Å². The van der Waals surface area contributed by atoms with Crippen molar-refractivity contribution in [2.75, 3.05) is 13.7 Å². The maximum Gasteiger partial charge on any atom is 0.235 e. The molecule has 1 aliphatic rings. The number of nitrogens with zero attached hydrogens (tertiary/aromatic N) is 2. The first kappa shape index (κ1) is 24.3. The number of methoxy groups -OCH3 is 1. The molecule has 0 radical (unpaired) electrons. The third-order valence-electron chi connectivity index (χ3n) is 6.62. The van der Waals surface area contributed by atoms with Gasteiger partial charge in [0.05, 0.1) is 25.3 Å². The summed E-state index contributed by atoms with van der Waals surface area (Å²) in [5, 5.41) is 4.38. The fraction of sp³-hybridized carbons (Fsp3) is 0.188. The molecule has 0 bridgehead atoms. The summed E-state index contributed by atoms with van der Waals surface area (Å²) in [6.07, 6.45) is 0.347. The molecule has 4 aromatic carbocycles. The number of ether oxygens (including phenoxy) is 1. The highest BCUT2D eigenvalue weighted by molar-refractivity contribution is 6.03. The third kappa shape index (κ3) is 5.72. The van der Waals surface area contributed by atoms with Crippen LogP contribution < -0.4 is 4.74 Å². The number of para-hydroxylation sites is 1. The Bertz CT molecular complexity index is 1300. The molecule has 0 N–H and O–H groups in total. The van der Waals surface area contributed by atoms with Crippen LogP contribution in [0.2, 0.25) is 0 Å². The van der Waals surface area contributed by atoms with Crippen LogP contribution in [0.3, 0.4) is 0 Å². The van der Waals surface area contributed by atoms with Crippen LogP contribution in [0.5, 0.6) is 5.75 Å². The molecule has 37 heavy (non-hydrogen) atoms. The number of carbonyl (C=O) groups is 1. The lowest BCUT2D eigenvalue weighted by atomic mass is 9.89. The van der Waals surface area contributed by atoms with E-state index in [4.69, 9.17) is 9.57 Å². The Hall–Kier alpha value is -4.38. The first-order chi connectivity index (χ1) is 18.2. The van der Waals surface area contributed by atoms with Crippen LogP contribution in [-0.4, -0.2) is 36.3 Å². The van der Waals surface area contributed by atoms with Crippen molar-refractivity contribution in [3.63, 3.8) is 0 Å². The number of benzene rings is 4. The number of hydrogen-bond acceptors (Lipinski definition) is 4. The molecule has 1 aliphatic heterocycles. The monoisotopic (exact) mass is 490 g/mol. The molecular weight excluding hydrogens is 460 g/mol. The van der Waals surface area contributed by atoms with Crippen LogP contribution in [-0.2, 0) is 16.2 Å². The summed E-state index contributed by atoms with van der Waals surface area (Å²) in [6.45, 7) is 0.908. The third-order valence-corrected chi connectivity index (χ3v) is 6.62. The van der Waals surface area contributed by atoms with Crippen molar-refractivity contribution in [2.45, 2.75) is 25.0 Å². The molecule has 5 heteroatoms. The average molecular weight is 491 g/mol. The second-order valence-corrected chi connectivity index (χ2v) is 9.13. The Balaban J connectivity index is 1.42. The molecule has 1 atom stereocenters. The van der Waals surface area contributed by atoms with Crippen molar-refractivity contribution in [1.82, 2.24) is 4.90 Å². The van der Waals surface area contributed by atoms with Gasteiger partial charge in [-0.2, -0.15) is 0 Å². The van der Waals surface area contributed by atoms with Crippen LogP contribution >= 0.6 is 0 Å². The van der Waals surface area contributed by atoms with E-state index in [1.807, 2.05) is 120 Å². The van der Waals surface area contributed by atoms with Crippen molar-refractivity contribution in [2.24, 2.45) is 5.16 Å². The van der Waals surface area contributed by atoms with E-state index in [0.717, 1.165) is 33.7 Å². The summed E-state index contributed by atoms with van der Waals surface area (Å²) in [4.78, 5) is 22.1. The van der Waals surface area contributed by atoms with Gasteiger partial charge in [0.15, 0.2) is 6.10 Å². The fourth-order valence-corrected chi connectivity index (χ4v) is 4.80. The van der Waals surface area contributed by atoms with E-state index in [0.29, 0.717) is 19.5 Å². The van der Waals surface area contributed by atoms with Crippen LogP contribution in [0, 0.1) is 0 Å². The molecule has 1 amide bonds. The van der Waals surface area contributed by atoms with Gasteiger partial charge in [0.25, 0.3) is 0 Å². The summed E-state index contributed by atoms with van der Waals surface area (Å²) < 4.78 is 5.52. The van der Waals surface area contributed by atoms with Gasteiger partial charge in [-0.1, -0.05) is 108 Å². The zero-order chi connectivity index (χ0) is 25.5. The van der Waals surface area contributed by atoms with Gasteiger partial charge in [-0.25, -0.2) is 0 Å². The van der Waals surface area contributed by atoms with Crippen LogP contribution in [0.1, 0.15) is 34.6 Å². The minimum Gasteiger partial charge on any atom is -0.496 e. The fourth-order valence-electron chi connectivity index (χ4n) is 4.80. The molecule has 0 saturated carbocycles. The molecule has 1 heterocycles. The largest absolute Gasteiger partial charge is 0.496 e. The Labute approximate surface area is 218 Å². The highest BCUT2D eigenvalue weighted by Gasteiger charge is 2.32. The van der Waals surface area contributed by atoms with Crippen LogP contribution in [0.25, 0.3) is 0 Å². The molecule has 186 valence electrons. The predicted octanol–water partition coefficient (Wildman–Crippen LogP) is 6.05. The number of amides is 1. The Morgan fingerprint density at radius 1 is 0.865 bits per heavy atom. The maximum absolute atomic E-state index is 14.3. The van der Waals surface area contributed by atoms with Crippen molar-refractivity contribution in [3.05, 3.63) is 138 Å². The minimum atomic E-state index is -0.415. The summed E-state index contributed by atoms with van der Waals surface area (Å²) in [5.41, 5.74) is 4.75. The average Bonchev–Trinajstić information content (AvgIpc) is 3.43. The van der Waals surface area contributed by atoms with Gasteiger partial charge < -0.3 is 14.5 Å². The molecule has 0 saturated heterocycles. The molecule has 0 fully saturated rings. The van der Waals surface area contributed by atoms with Gasteiger partial charge >= 0.3 is 0 Å². The smallest absolute Gasteiger partial charge is 0.235 e. The Kier molecular flexibility index (Phi) is 7.60. The maximum atomic E-state index is 14.3. The van der Waals surface area contributed by atoms with Gasteiger partial charge in [0.1, 0.15) is 5.75 Å². The predicted molar refractivity (Wildman–Crippen MR) is 146 cm³/mol. The first-order valence-corrected chi connectivity index (χ1v) is 12.5. The number of oxime groups is 1. The van der Waals surface area contributed by atoms with Crippen molar-refractivity contribution in [3.8, 4) is 5.75 Å². The summed E-state index contributed by atoms with van der Waals surface area (Å²) in [5.74, 6) is 0.383. The molecule has 0 unspecified atom stereocenters. The number of carbonyl (C=O) groups excluding carboxylic acids is 1. The Morgan fingerprint density at radius 2 is 1.43 bits per heavy atom. The van der Waals surface area contributed by atoms with E-state index in [9.17, 15) is 4.79 Å². The van der Waals surface area contributed by atoms with E-state index in [1.165, 1.54) is 0 Å². The van der Waals surface area contributed by atoms with Crippen LogP contribution in [0.4, 0.5) is 0 Å². The lowest BCUT2D eigenvalue weighted by Crippen LogP contribution is -2.40. The first-order valence-electron chi connectivity index (χ1n) is 12.5. The van der Waals surface area contributed by atoms with Gasteiger partial charge in [-0.3, -0.25) is 4.79 Å². The lowest BCUT2D eigenvalue weighted by Gasteiger charge is -2.29. The second kappa shape index (κ2) is 11.6. The Morgan fingerprint density at radius 3 is 2.05 bits per heavy atom. The molecule has 5 rings (SSSR count). The second-order valence-electron chi connectivity index (χ2n) is 9.13. The topological polar surface area (TPSA) is 51.1 Å². The summed E-state index contributed by atoms with van der Waals surface area (Å²) in [6, 6.07) is 37.8. The van der Waals surface area contributed by atoms with Gasteiger partial charge in [0.2, 0.25) is 5.91 Å². The summed E-state index contributed by atoms with van der Waals surface area (Å²) in [7, 11) is 1.65. The van der Waals surface area contributed by atoms with Gasteiger partial charge in [0, 0.05) is 18.5 Å². The molecule has 5 nitrogen and oxygen atoms in total. The minimum absolute atomic E-state index is 0.0376. The van der Waals surface area contributed by atoms with E-state index in [2.05, 4.69) is 5.16 Å². The highest BCUT2D eigenvalue weighted by atomic mass is 16.6. The quantitative estimate of drug-likeness (QED) is 0.287. The van der Waals surface area contributed by atoms with Crippen molar-refractivity contribution >= 4 is 11.6 Å². The molecule has 0 spiro atoms. The lowest BCUT2D eigenvalue weighted by molar-refractivity contribution is -0.134. The zero-order valence-electron chi connectivity index (χ0n) is 20.9. The van der Waals surface area contributed by atoms with Gasteiger partial charge in [-0.15, -0.1) is 0 Å².